The lowest BCUT2D eigenvalue weighted by Gasteiger charge is -2.13. The Kier molecular flexibility index (Phi) is 8.64. The van der Waals surface area contributed by atoms with Gasteiger partial charge in [0, 0.05) is 20.1 Å². The van der Waals surface area contributed by atoms with Crippen molar-refractivity contribution < 1.29 is 14.3 Å². The predicted molar refractivity (Wildman–Crippen MR) is 56.1 cm³/mol. The van der Waals surface area contributed by atoms with E-state index in [-0.39, 0.29) is 5.97 Å². The first-order valence-electron chi connectivity index (χ1n) is 5.30. The molecule has 0 aromatic rings. The second-order valence-electron chi connectivity index (χ2n) is 3.52. The highest BCUT2D eigenvalue weighted by Crippen LogP contribution is 2.16. The van der Waals surface area contributed by atoms with Crippen LogP contribution in [0.4, 0.5) is 0 Å². The summed E-state index contributed by atoms with van der Waals surface area (Å²) in [5, 5.41) is 0. The summed E-state index contributed by atoms with van der Waals surface area (Å²) >= 11 is 0. The summed E-state index contributed by atoms with van der Waals surface area (Å²) in [7, 11) is 3.16. The standard InChI is InChI=1S/C11H22O3/c1-4-10(8-9-13-2)6-5-7-11(12)14-3/h10H,4-9H2,1-3H3/t10-/m1/s1. The highest BCUT2D eigenvalue weighted by Gasteiger charge is 2.07. The maximum atomic E-state index is 10.8. The molecule has 0 N–H and O–H groups in total. The Morgan fingerprint density at radius 3 is 2.50 bits per heavy atom. The van der Waals surface area contributed by atoms with Gasteiger partial charge >= 0.3 is 5.97 Å². The van der Waals surface area contributed by atoms with Crippen LogP contribution in [0.5, 0.6) is 0 Å². The molecule has 0 amide bonds. The second-order valence-corrected chi connectivity index (χ2v) is 3.52. The van der Waals surface area contributed by atoms with Crippen molar-refractivity contribution >= 4 is 5.97 Å². The minimum Gasteiger partial charge on any atom is -0.469 e. The molecule has 0 aliphatic carbocycles. The molecule has 0 aliphatic heterocycles. The Morgan fingerprint density at radius 2 is 2.00 bits per heavy atom. The van der Waals surface area contributed by atoms with E-state index in [2.05, 4.69) is 11.7 Å². The van der Waals surface area contributed by atoms with E-state index in [1.165, 1.54) is 7.11 Å². The van der Waals surface area contributed by atoms with E-state index in [1.807, 2.05) is 0 Å². The zero-order valence-electron chi connectivity index (χ0n) is 9.54. The summed E-state index contributed by atoms with van der Waals surface area (Å²) in [5.74, 6) is 0.575. The van der Waals surface area contributed by atoms with Crippen molar-refractivity contribution in [1.29, 1.82) is 0 Å². The molecule has 84 valence electrons. The van der Waals surface area contributed by atoms with Gasteiger partial charge in [-0.2, -0.15) is 0 Å². The second kappa shape index (κ2) is 9.00. The van der Waals surface area contributed by atoms with Gasteiger partial charge in [0.15, 0.2) is 0 Å². The predicted octanol–water partition coefficient (Wildman–Crippen LogP) is 2.39. The molecular formula is C11H22O3. The first-order chi connectivity index (χ1) is 6.74. The van der Waals surface area contributed by atoms with E-state index in [0.29, 0.717) is 12.3 Å². The van der Waals surface area contributed by atoms with Crippen LogP contribution in [0.15, 0.2) is 0 Å². The zero-order chi connectivity index (χ0) is 10.8. The molecule has 3 heteroatoms. The quantitative estimate of drug-likeness (QED) is 0.567. The summed E-state index contributed by atoms with van der Waals surface area (Å²) in [4.78, 5) is 10.8. The molecular weight excluding hydrogens is 180 g/mol. The molecule has 0 unspecified atom stereocenters. The SMILES string of the molecule is CC[C@H](CCCC(=O)OC)CCOC. The van der Waals surface area contributed by atoms with Crippen molar-refractivity contribution in [3.63, 3.8) is 0 Å². The molecule has 0 aliphatic rings. The highest BCUT2D eigenvalue weighted by atomic mass is 16.5. The summed E-state index contributed by atoms with van der Waals surface area (Å²) in [5.41, 5.74) is 0. The van der Waals surface area contributed by atoms with Crippen LogP contribution in [0, 0.1) is 5.92 Å². The fourth-order valence-corrected chi connectivity index (χ4v) is 1.47. The van der Waals surface area contributed by atoms with Gasteiger partial charge in [-0.15, -0.1) is 0 Å². The van der Waals surface area contributed by atoms with Gasteiger partial charge in [0.1, 0.15) is 0 Å². The average molecular weight is 202 g/mol. The molecule has 0 heterocycles. The Balaban J connectivity index is 3.46. The lowest BCUT2D eigenvalue weighted by Crippen LogP contribution is -2.05. The van der Waals surface area contributed by atoms with Crippen molar-refractivity contribution in [1.82, 2.24) is 0 Å². The molecule has 3 nitrogen and oxygen atoms in total. The van der Waals surface area contributed by atoms with E-state index in [9.17, 15) is 4.79 Å². The average Bonchev–Trinajstić information content (AvgIpc) is 2.22. The maximum Gasteiger partial charge on any atom is 0.305 e. The maximum absolute atomic E-state index is 10.8. The van der Waals surface area contributed by atoms with Gasteiger partial charge in [0.05, 0.1) is 7.11 Å². The Hall–Kier alpha value is -0.570. The number of carbonyl (C=O) groups is 1. The van der Waals surface area contributed by atoms with E-state index < -0.39 is 0 Å². The van der Waals surface area contributed by atoms with Crippen molar-refractivity contribution in [2.75, 3.05) is 20.8 Å². The van der Waals surface area contributed by atoms with Gasteiger partial charge in [-0.1, -0.05) is 13.3 Å². The summed E-state index contributed by atoms with van der Waals surface area (Å²) < 4.78 is 9.61. The van der Waals surface area contributed by atoms with E-state index in [0.717, 1.165) is 32.3 Å². The van der Waals surface area contributed by atoms with Crippen molar-refractivity contribution in [2.24, 2.45) is 5.92 Å². The van der Waals surface area contributed by atoms with Gasteiger partial charge in [0.2, 0.25) is 0 Å². The third kappa shape index (κ3) is 6.89. The number of ether oxygens (including phenoxy) is 2. The van der Waals surface area contributed by atoms with Crippen LogP contribution in [0.2, 0.25) is 0 Å². The van der Waals surface area contributed by atoms with E-state index in [4.69, 9.17) is 4.74 Å². The number of carbonyl (C=O) groups excluding carboxylic acids is 1. The Bertz CT molecular complexity index is 145. The molecule has 0 spiro atoms. The number of esters is 1. The Morgan fingerprint density at radius 1 is 1.29 bits per heavy atom. The molecule has 14 heavy (non-hydrogen) atoms. The van der Waals surface area contributed by atoms with Crippen molar-refractivity contribution in [3.05, 3.63) is 0 Å². The van der Waals surface area contributed by atoms with Gasteiger partial charge in [-0.25, -0.2) is 0 Å². The fourth-order valence-electron chi connectivity index (χ4n) is 1.47. The van der Waals surface area contributed by atoms with Crippen LogP contribution in [0.25, 0.3) is 0 Å². The first-order valence-corrected chi connectivity index (χ1v) is 5.30. The summed E-state index contributed by atoms with van der Waals surface area (Å²) in [6.45, 7) is 3.00. The zero-order valence-corrected chi connectivity index (χ0v) is 9.54. The van der Waals surface area contributed by atoms with Gasteiger partial charge in [0.25, 0.3) is 0 Å². The van der Waals surface area contributed by atoms with Crippen LogP contribution in [-0.2, 0) is 14.3 Å². The van der Waals surface area contributed by atoms with Crippen LogP contribution < -0.4 is 0 Å². The van der Waals surface area contributed by atoms with Gasteiger partial charge in [-0.3, -0.25) is 4.79 Å². The normalized spacial score (nSPS) is 12.5. The highest BCUT2D eigenvalue weighted by molar-refractivity contribution is 5.68. The molecule has 0 rings (SSSR count). The first kappa shape index (κ1) is 13.4. The molecule has 0 bridgehead atoms. The number of hydrogen-bond donors (Lipinski definition) is 0. The minimum atomic E-state index is -0.105. The molecule has 1 atom stereocenters. The van der Waals surface area contributed by atoms with Crippen molar-refractivity contribution in [2.45, 2.75) is 39.0 Å². The molecule has 0 radical (unpaired) electrons. The number of methoxy groups -OCH3 is 2. The fraction of sp³-hybridized carbons (Fsp3) is 0.909. The lowest BCUT2D eigenvalue weighted by molar-refractivity contribution is -0.140. The minimum absolute atomic E-state index is 0.105. The van der Waals surface area contributed by atoms with Crippen LogP contribution >= 0.6 is 0 Å². The smallest absolute Gasteiger partial charge is 0.305 e. The summed E-state index contributed by atoms with van der Waals surface area (Å²) in [6.07, 6.45) is 4.81. The molecule has 0 fully saturated rings. The molecule has 0 aromatic carbocycles. The number of hydrogen-bond acceptors (Lipinski definition) is 3. The lowest BCUT2D eigenvalue weighted by atomic mass is 9.96. The van der Waals surface area contributed by atoms with E-state index >= 15 is 0 Å². The largest absolute Gasteiger partial charge is 0.469 e. The number of rotatable bonds is 8. The molecule has 0 saturated heterocycles. The van der Waals surface area contributed by atoms with Crippen LogP contribution in [0.1, 0.15) is 39.0 Å². The third-order valence-electron chi connectivity index (χ3n) is 2.53. The Labute approximate surface area is 86.8 Å². The third-order valence-corrected chi connectivity index (χ3v) is 2.53. The van der Waals surface area contributed by atoms with Gasteiger partial charge < -0.3 is 9.47 Å². The monoisotopic (exact) mass is 202 g/mol. The van der Waals surface area contributed by atoms with Crippen molar-refractivity contribution in [3.8, 4) is 0 Å². The van der Waals surface area contributed by atoms with Gasteiger partial charge in [-0.05, 0) is 25.2 Å². The van der Waals surface area contributed by atoms with E-state index in [1.54, 1.807) is 7.11 Å². The topological polar surface area (TPSA) is 35.5 Å². The summed E-state index contributed by atoms with van der Waals surface area (Å²) in [6, 6.07) is 0. The van der Waals surface area contributed by atoms with Crippen LogP contribution in [0.3, 0.4) is 0 Å². The molecule has 0 saturated carbocycles. The van der Waals surface area contributed by atoms with Crippen LogP contribution in [-0.4, -0.2) is 26.8 Å². The molecule has 0 aromatic heterocycles.